The molecule has 0 fully saturated rings. The van der Waals surface area contributed by atoms with Crippen molar-refractivity contribution in [2.75, 3.05) is 0 Å². The van der Waals surface area contributed by atoms with E-state index in [1.54, 1.807) is 48.5 Å². The Hall–Kier alpha value is -2.44. The summed E-state index contributed by atoms with van der Waals surface area (Å²) >= 11 is 3.30. The van der Waals surface area contributed by atoms with Gasteiger partial charge in [0.2, 0.25) is 0 Å². The van der Waals surface area contributed by atoms with Crippen molar-refractivity contribution in [1.82, 2.24) is 5.32 Å². The maximum Gasteiger partial charge on any atom is 0.251 e. The summed E-state index contributed by atoms with van der Waals surface area (Å²) in [6, 6.07) is 22.8. The molecule has 0 heterocycles. The van der Waals surface area contributed by atoms with E-state index in [2.05, 4.69) is 21.2 Å². The van der Waals surface area contributed by atoms with E-state index in [4.69, 9.17) is 0 Å². The molecule has 1 amide bonds. The summed E-state index contributed by atoms with van der Waals surface area (Å²) in [5.41, 5.74) is 2.15. The number of hydrogen-bond donors (Lipinski definition) is 1. The van der Waals surface area contributed by atoms with Crippen molar-refractivity contribution in [2.24, 2.45) is 0 Å². The quantitative estimate of drug-likeness (QED) is 0.615. The number of hydrogen-bond acceptors (Lipinski definition) is 3. The zero-order valence-corrected chi connectivity index (χ0v) is 16.8. The highest BCUT2D eigenvalue weighted by Gasteiger charge is 2.15. The highest BCUT2D eigenvalue weighted by molar-refractivity contribution is 9.10. The number of nitrogens with one attached hydrogen (secondary N) is 1. The van der Waals surface area contributed by atoms with Gasteiger partial charge in [0.1, 0.15) is 0 Å². The second-order valence-electron chi connectivity index (χ2n) is 6.08. The first-order chi connectivity index (χ1) is 12.9. The number of halogens is 1. The van der Waals surface area contributed by atoms with Gasteiger partial charge in [-0.3, -0.25) is 4.79 Å². The SMILES string of the molecule is O=C(NCc1ccccc1)c1ccc(CS(=O)(=O)c2ccc(Br)cc2)cc1. The number of rotatable bonds is 6. The lowest BCUT2D eigenvalue weighted by Gasteiger charge is -2.08. The molecule has 0 aliphatic rings. The molecule has 3 aromatic rings. The van der Waals surface area contributed by atoms with Crippen molar-refractivity contribution in [1.29, 1.82) is 0 Å². The maximum absolute atomic E-state index is 12.5. The number of benzene rings is 3. The second kappa shape index (κ2) is 8.50. The number of sulfone groups is 1. The van der Waals surface area contributed by atoms with Gasteiger partial charge in [-0.2, -0.15) is 0 Å². The third kappa shape index (κ3) is 5.28. The number of amides is 1. The smallest absolute Gasteiger partial charge is 0.251 e. The van der Waals surface area contributed by atoms with Crippen LogP contribution in [0.15, 0.2) is 88.2 Å². The molecule has 27 heavy (non-hydrogen) atoms. The Bertz CT molecular complexity index is 1020. The molecule has 0 radical (unpaired) electrons. The topological polar surface area (TPSA) is 63.2 Å². The average molecular weight is 444 g/mol. The second-order valence-corrected chi connectivity index (χ2v) is 8.98. The van der Waals surface area contributed by atoms with Gasteiger partial charge in [0.15, 0.2) is 9.84 Å². The van der Waals surface area contributed by atoms with E-state index in [1.165, 1.54) is 0 Å². The normalized spacial score (nSPS) is 11.1. The van der Waals surface area contributed by atoms with Crippen LogP contribution in [0, 0.1) is 0 Å². The van der Waals surface area contributed by atoms with Gasteiger partial charge >= 0.3 is 0 Å². The Balaban J connectivity index is 1.64. The molecule has 138 valence electrons. The van der Waals surface area contributed by atoms with Crippen molar-refractivity contribution < 1.29 is 13.2 Å². The van der Waals surface area contributed by atoms with Crippen LogP contribution in [0.1, 0.15) is 21.5 Å². The van der Waals surface area contributed by atoms with Gasteiger partial charge in [-0.05, 0) is 47.5 Å². The monoisotopic (exact) mass is 443 g/mol. The lowest BCUT2D eigenvalue weighted by Crippen LogP contribution is -2.22. The van der Waals surface area contributed by atoms with Crippen LogP contribution in [0.25, 0.3) is 0 Å². The van der Waals surface area contributed by atoms with E-state index in [1.807, 2.05) is 30.3 Å². The standard InChI is InChI=1S/C21H18BrNO3S/c22-19-10-12-20(13-11-19)27(25,26)15-17-6-8-18(9-7-17)21(24)23-14-16-4-2-1-3-5-16/h1-13H,14-15H2,(H,23,24). The maximum atomic E-state index is 12.5. The Morgan fingerprint density at radius 3 is 2.07 bits per heavy atom. The molecule has 0 aromatic heterocycles. The minimum Gasteiger partial charge on any atom is -0.348 e. The summed E-state index contributed by atoms with van der Waals surface area (Å²) < 4.78 is 25.8. The summed E-state index contributed by atoms with van der Waals surface area (Å²) in [6.45, 7) is 0.444. The van der Waals surface area contributed by atoms with Crippen LogP contribution in [0.3, 0.4) is 0 Å². The lowest BCUT2D eigenvalue weighted by atomic mass is 10.1. The van der Waals surface area contributed by atoms with E-state index >= 15 is 0 Å². The molecule has 0 saturated heterocycles. The van der Waals surface area contributed by atoms with Crippen LogP contribution in [-0.2, 0) is 22.1 Å². The number of carbonyl (C=O) groups is 1. The van der Waals surface area contributed by atoms with E-state index in [9.17, 15) is 13.2 Å². The van der Waals surface area contributed by atoms with Crippen LogP contribution in [0.4, 0.5) is 0 Å². The minimum atomic E-state index is -3.43. The van der Waals surface area contributed by atoms with Gasteiger partial charge in [0.05, 0.1) is 10.6 Å². The predicted molar refractivity (Wildman–Crippen MR) is 109 cm³/mol. The first-order valence-corrected chi connectivity index (χ1v) is 10.8. The molecule has 3 aromatic carbocycles. The highest BCUT2D eigenvalue weighted by atomic mass is 79.9. The van der Waals surface area contributed by atoms with Crippen LogP contribution in [-0.4, -0.2) is 14.3 Å². The van der Waals surface area contributed by atoms with Crippen molar-refractivity contribution in [2.45, 2.75) is 17.2 Å². The predicted octanol–water partition coefficient (Wildman–Crippen LogP) is 4.35. The van der Waals surface area contributed by atoms with Gasteiger partial charge in [0.25, 0.3) is 5.91 Å². The Morgan fingerprint density at radius 1 is 0.815 bits per heavy atom. The molecule has 6 heteroatoms. The molecule has 3 rings (SSSR count). The van der Waals surface area contributed by atoms with Gasteiger partial charge < -0.3 is 5.32 Å². The molecule has 1 N–H and O–H groups in total. The largest absolute Gasteiger partial charge is 0.348 e. The average Bonchev–Trinajstić information content (AvgIpc) is 2.67. The molecule has 4 nitrogen and oxygen atoms in total. The van der Waals surface area contributed by atoms with Gasteiger partial charge in [-0.25, -0.2) is 8.42 Å². The molecule has 0 aliphatic carbocycles. The molecule has 0 aliphatic heterocycles. The summed E-state index contributed by atoms with van der Waals surface area (Å²) in [5, 5.41) is 2.85. The first-order valence-electron chi connectivity index (χ1n) is 8.33. The van der Waals surface area contributed by atoms with Crippen LogP contribution < -0.4 is 5.32 Å². The molecule has 0 bridgehead atoms. The van der Waals surface area contributed by atoms with E-state index in [-0.39, 0.29) is 16.6 Å². The van der Waals surface area contributed by atoms with Crippen LogP contribution >= 0.6 is 15.9 Å². The van der Waals surface area contributed by atoms with Crippen molar-refractivity contribution in [3.63, 3.8) is 0 Å². The lowest BCUT2D eigenvalue weighted by molar-refractivity contribution is 0.0951. The first kappa shape index (κ1) is 19.3. The molecule has 0 unspecified atom stereocenters. The molecule has 0 saturated carbocycles. The zero-order valence-electron chi connectivity index (χ0n) is 14.4. The van der Waals surface area contributed by atoms with E-state index < -0.39 is 9.84 Å². The molecule has 0 atom stereocenters. The Morgan fingerprint density at radius 2 is 1.44 bits per heavy atom. The summed E-state index contributed by atoms with van der Waals surface area (Å²) in [4.78, 5) is 12.5. The highest BCUT2D eigenvalue weighted by Crippen LogP contribution is 2.19. The fourth-order valence-corrected chi connectivity index (χ4v) is 4.19. The van der Waals surface area contributed by atoms with Gasteiger partial charge in [-0.15, -0.1) is 0 Å². The Labute approximate surface area is 167 Å². The molecular weight excluding hydrogens is 426 g/mol. The number of carbonyl (C=O) groups excluding carboxylic acids is 1. The minimum absolute atomic E-state index is 0.111. The summed E-state index contributed by atoms with van der Waals surface area (Å²) in [6.07, 6.45) is 0. The van der Waals surface area contributed by atoms with Crippen molar-refractivity contribution in [3.8, 4) is 0 Å². The fourth-order valence-electron chi connectivity index (χ4n) is 2.58. The van der Waals surface area contributed by atoms with E-state index in [0.717, 1.165) is 10.0 Å². The summed E-state index contributed by atoms with van der Waals surface area (Å²) in [5.74, 6) is -0.304. The van der Waals surface area contributed by atoms with Crippen LogP contribution in [0.2, 0.25) is 0 Å². The fraction of sp³-hybridized carbons (Fsp3) is 0.0952. The molecular formula is C21H18BrNO3S. The van der Waals surface area contributed by atoms with Crippen molar-refractivity contribution >= 4 is 31.7 Å². The van der Waals surface area contributed by atoms with Gasteiger partial charge in [-0.1, -0.05) is 58.4 Å². The molecule has 0 spiro atoms. The third-order valence-corrected chi connectivity index (χ3v) is 6.27. The van der Waals surface area contributed by atoms with Crippen LogP contribution in [0.5, 0.6) is 0 Å². The third-order valence-electron chi connectivity index (χ3n) is 4.04. The van der Waals surface area contributed by atoms with Gasteiger partial charge in [0, 0.05) is 16.6 Å². The summed E-state index contributed by atoms with van der Waals surface area (Å²) in [7, 11) is -3.43. The Kier molecular flexibility index (Phi) is 6.08. The zero-order chi connectivity index (χ0) is 19.3. The van der Waals surface area contributed by atoms with Crippen molar-refractivity contribution in [3.05, 3.63) is 100 Å². The van der Waals surface area contributed by atoms with E-state index in [0.29, 0.717) is 17.7 Å².